The largest absolute Gasteiger partial charge is 0.341 e. The molecule has 2 saturated heterocycles. The summed E-state index contributed by atoms with van der Waals surface area (Å²) in [5, 5.41) is 0. The van der Waals surface area contributed by atoms with E-state index in [1.165, 1.54) is 5.56 Å². The molecule has 1 atom stereocenters. The van der Waals surface area contributed by atoms with E-state index in [2.05, 4.69) is 16.0 Å². The third-order valence-corrected chi connectivity index (χ3v) is 4.73. The van der Waals surface area contributed by atoms with Gasteiger partial charge in [0.25, 0.3) is 0 Å². The third-order valence-electron chi connectivity index (χ3n) is 4.73. The van der Waals surface area contributed by atoms with Crippen molar-refractivity contribution in [2.45, 2.75) is 12.3 Å². The molecule has 1 unspecified atom stereocenters. The second-order valence-corrected chi connectivity index (χ2v) is 6.77. The van der Waals surface area contributed by atoms with Gasteiger partial charge < -0.3 is 14.7 Å². The van der Waals surface area contributed by atoms with Gasteiger partial charge in [-0.05, 0) is 25.7 Å². The monoisotopic (exact) mass is 316 g/mol. The maximum atomic E-state index is 12.6. The fourth-order valence-corrected chi connectivity index (χ4v) is 3.22. The molecule has 1 aromatic heterocycles. The Hall–Kier alpha value is -1.95. The number of amides is 2. The van der Waals surface area contributed by atoms with E-state index < -0.39 is 0 Å². The molecule has 23 heavy (non-hydrogen) atoms. The molecule has 3 heterocycles. The number of rotatable bonds is 5. The van der Waals surface area contributed by atoms with Crippen molar-refractivity contribution in [2.24, 2.45) is 5.92 Å². The molecule has 2 aliphatic rings. The Morgan fingerprint density at radius 3 is 2.78 bits per heavy atom. The molecular formula is C17H24N4O2. The van der Waals surface area contributed by atoms with Crippen LogP contribution in [0.2, 0.25) is 0 Å². The van der Waals surface area contributed by atoms with E-state index in [0.29, 0.717) is 25.4 Å². The summed E-state index contributed by atoms with van der Waals surface area (Å²) in [4.78, 5) is 34.5. The Labute approximate surface area is 137 Å². The lowest BCUT2D eigenvalue weighted by Gasteiger charge is -2.40. The van der Waals surface area contributed by atoms with Gasteiger partial charge in [0.15, 0.2) is 0 Å². The van der Waals surface area contributed by atoms with Crippen LogP contribution in [0.25, 0.3) is 0 Å². The molecule has 6 heteroatoms. The highest BCUT2D eigenvalue weighted by atomic mass is 16.2. The van der Waals surface area contributed by atoms with E-state index in [1.54, 1.807) is 6.20 Å². The van der Waals surface area contributed by atoms with Gasteiger partial charge in [-0.3, -0.25) is 14.6 Å². The summed E-state index contributed by atoms with van der Waals surface area (Å²) in [6.45, 7) is 3.59. The first-order chi connectivity index (χ1) is 11.0. The fourth-order valence-electron chi connectivity index (χ4n) is 3.22. The highest BCUT2D eigenvalue weighted by molar-refractivity contribution is 5.89. The number of aromatic nitrogens is 1. The van der Waals surface area contributed by atoms with Gasteiger partial charge in [0, 0.05) is 57.5 Å². The molecule has 0 spiro atoms. The average molecular weight is 316 g/mol. The third kappa shape index (κ3) is 3.52. The maximum absolute atomic E-state index is 12.6. The molecule has 0 N–H and O–H groups in total. The molecule has 2 aliphatic heterocycles. The first-order valence-corrected chi connectivity index (χ1v) is 8.16. The number of nitrogens with zero attached hydrogens (tertiary/aromatic N) is 4. The van der Waals surface area contributed by atoms with Gasteiger partial charge in [-0.1, -0.05) is 6.07 Å². The number of hydrogen-bond acceptors (Lipinski definition) is 4. The van der Waals surface area contributed by atoms with Crippen molar-refractivity contribution in [3.8, 4) is 0 Å². The van der Waals surface area contributed by atoms with Crippen LogP contribution in [0.3, 0.4) is 0 Å². The van der Waals surface area contributed by atoms with E-state index in [4.69, 9.17) is 0 Å². The van der Waals surface area contributed by atoms with Gasteiger partial charge in [0.2, 0.25) is 11.8 Å². The standard InChI is InChI=1S/C17H24N4O2/c1-19(2)6-7-20-10-14(8-16(20)22)17(23)21-11-15(12-21)13-4-3-5-18-9-13/h3-5,9,14-15H,6-8,10-12H2,1-2H3. The molecule has 0 radical (unpaired) electrons. The molecule has 0 aromatic carbocycles. The predicted octanol–water partition coefficient (Wildman–Crippen LogP) is 0.418. The number of carbonyl (C=O) groups is 2. The smallest absolute Gasteiger partial charge is 0.228 e. The summed E-state index contributed by atoms with van der Waals surface area (Å²) < 4.78 is 0. The normalized spacial score (nSPS) is 21.9. The summed E-state index contributed by atoms with van der Waals surface area (Å²) in [5.74, 6) is 0.453. The zero-order valence-corrected chi connectivity index (χ0v) is 13.8. The number of pyridine rings is 1. The van der Waals surface area contributed by atoms with Gasteiger partial charge >= 0.3 is 0 Å². The lowest BCUT2D eigenvalue weighted by Crippen LogP contribution is -2.51. The topological polar surface area (TPSA) is 56.8 Å². The Balaban J connectivity index is 1.49. The summed E-state index contributed by atoms with van der Waals surface area (Å²) in [5.41, 5.74) is 1.19. The highest BCUT2D eigenvalue weighted by Gasteiger charge is 2.40. The number of carbonyl (C=O) groups excluding carboxylic acids is 2. The quantitative estimate of drug-likeness (QED) is 0.790. The summed E-state index contributed by atoms with van der Waals surface area (Å²) in [6, 6.07) is 3.99. The molecule has 0 bridgehead atoms. The highest BCUT2D eigenvalue weighted by Crippen LogP contribution is 2.29. The van der Waals surface area contributed by atoms with Gasteiger partial charge in [0.1, 0.15) is 0 Å². The SMILES string of the molecule is CN(C)CCN1CC(C(=O)N2CC(c3cccnc3)C2)CC1=O. The minimum absolute atomic E-state index is 0.106. The number of likely N-dealkylation sites (tertiary alicyclic amines) is 2. The van der Waals surface area contributed by atoms with Gasteiger partial charge in [0.05, 0.1) is 5.92 Å². The lowest BCUT2D eigenvalue weighted by atomic mass is 9.91. The van der Waals surface area contributed by atoms with Crippen LogP contribution in [0.1, 0.15) is 17.9 Å². The molecule has 1 aromatic rings. The van der Waals surface area contributed by atoms with Gasteiger partial charge in [-0.15, -0.1) is 0 Å². The van der Waals surface area contributed by atoms with Crippen molar-refractivity contribution >= 4 is 11.8 Å². The number of hydrogen-bond donors (Lipinski definition) is 0. The van der Waals surface area contributed by atoms with Crippen LogP contribution in [0.4, 0.5) is 0 Å². The van der Waals surface area contributed by atoms with Crippen molar-refractivity contribution in [3.05, 3.63) is 30.1 Å². The van der Waals surface area contributed by atoms with Crippen molar-refractivity contribution in [1.82, 2.24) is 19.7 Å². The number of likely N-dealkylation sites (N-methyl/N-ethyl adjacent to an activating group) is 1. The first kappa shape index (κ1) is 15.9. The predicted molar refractivity (Wildman–Crippen MR) is 86.8 cm³/mol. The van der Waals surface area contributed by atoms with Crippen LogP contribution in [0.5, 0.6) is 0 Å². The Kier molecular flexibility index (Phi) is 4.61. The lowest BCUT2D eigenvalue weighted by molar-refractivity contribution is -0.140. The summed E-state index contributed by atoms with van der Waals surface area (Å²) in [6.07, 6.45) is 3.99. The zero-order valence-electron chi connectivity index (χ0n) is 13.8. The van der Waals surface area contributed by atoms with E-state index in [-0.39, 0.29) is 17.7 Å². The van der Waals surface area contributed by atoms with Crippen LogP contribution in [-0.2, 0) is 9.59 Å². The molecule has 6 nitrogen and oxygen atoms in total. The van der Waals surface area contributed by atoms with Crippen LogP contribution < -0.4 is 0 Å². The summed E-state index contributed by atoms with van der Waals surface area (Å²) >= 11 is 0. The Morgan fingerprint density at radius 2 is 2.13 bits per heavy atom. The molecule has 3 rings (SSSR count). The van der Waals surface area contributed by atoms with E-state index in [9.17, 15) is 9.59 Å². The van der Waals surface area contributed by atoms with E-state index in [1.807, 2.05) is 36.2 Å². The zero-order chi connectivity index (χ0) is 16.4. The molecule has 0 saturated carbocycles. The second-order valence-electron chi connectivity index (χ2n) is 6.77. The minimum Gasteiger partial charge on any atom is -0.341 e. The van der Waals surface area contributed by atoms with Crippen molar-refractivity contribution in [1.29, 1.82) is 0 Å². The van der Waals surface area contributed by atoms with Crippen molar-refractivity contribution < 1.29 is 9.59 Å². The van der Waals surface area contributed by atoms with Crippen molar-refractivity contribution in [3.63, 3.8) is 0 Å². The maximum Gasteiger partial charge on any atom is 0.228 e. The second kappa shape index (κ2) is 6.66. The Morgan fingerprint density at radius 1 is 1.35 bits per heavy atom. The molecule has 0 aliphatic carbocycles. The molecule has 2 amide bonds. The van der Waals surface area contributed by atoms with E-state index >= 15 is 0 Å². The Bertz CT molecular complexity index is 569. The van der Waals surface area contributed by atoms with Crippen LogP contribution >= 0.6 is 0 Å². The van der Waals surface area contributed by atoms with E-state index in [0.717, 1.165) is 19.6 Å². The molecule has 124 valence electrons. The van der Waals surface area contributed by atoms with Gasteiger partial charge in [-0.25, -0.2) is 0 Å². The van der Waals surface area contributed by atoms with Crippen LogP contribution in [0, 0.1) is 5.92 Å². The molecule has 2 fully saturated rings. The van der Waals surface area contributed by atoms with Crippen LogP contribution in [0.15, 0.2) is 24.5 Å². The average Bonchev–Trinajstić information content (AvgIpc) is 2.86. The minimum atomic E-state index is -0.167. The first-order valence-electron chi connectivity index (χ1n) is 8.16. The molecular weight excluding hydrogens is 292 g/mol. The van der Waals surface area contributed by atoms with Crippen molar-refractivity contribution in [2.75, 3.05) is 46.8 Å². The van der Waals surface area contributed by atoms with Crippen LogP contribution in [-0.4, -0.2) is 78.3 Å². The summed E-state index contributed by atoms with van der Waals surface area (Å²) in [7, 11) is 3.98. The van der Waals surface area contributed by atoms with Gasteiger partial charge in [-0.2, -0.15) is 0 Å². The fraction of sp³-hybridized carbons (Fsp3) is 0.588.